The van der Waals surface area contributed by atoms with Gasteiger partial charge in [-0.05, 0) is 37.1 Å². The average Bonchev–Trinajstić information content (AvgIpc) is 2.88. The number of hydrogen-bond acceptors (Lipinski definition) is 3. The van der Waals surface area contributed by atoms with Crippen molar-refractivity contribution >= 4 is 11.8 Å². The molecule has 1 N–H and O–H groups in total. The molecule has 0 spiro atoms. The van der Waals surface area contributed by atoms with Crippen LogP contribution < -0.4 is 5.32 Å². The molecule has 2 heterocycles. The Bertz CT molecular complexity index is 516. The van der Waals surface area contributed by atoms with Crippen molar-refractivity contribution < 1.29 is 0 Å². The lowest BCUT2D eigenvalue weighted by molar-refractivity contribution is 0.555. The Morgan fingerprint density at radius 3 is 2.89 bits per heavy atom. The fourth-order valence-electron chi connectivity index (χ4n) is 2.41. The second-order valence-electron chi connectivity index (χ2n) is 4.94. The lowest BCUT2D eigenvalue weighted by atomic mass is 10.1. The second kappa shape index (κ2) is 5.76. The van der Waals surface area contributed by atoms with Crippen molar-refractivity contribution in [2.45, 2.75) is 29.5 Å². The molecule has 2 aromatic rings. The van der Waals surface area contributed by atoms with E-state index >= 15 is 0 Å². The molecule has 1 aromatic heterocycles. The summed E-state index contributed by atoms with van der Waals surface area (Å²) >= 11 is 1.99. The van der Waals surface area contributed by atoms with Crippen LogP contribution in [0.5, 0.6) is 0 Å². The minimum atomic E-state index is 0.311. The summed E-state index contributed by atoms with van der Waals surface area (Å²) in [4.78, 5) is 5.84. The maximum Gasteiger partial charge on any atom is 0.0570 e. The third kappa shape index (κ3) is 2.99. The van der Waals surface area contributed by atoms with E-state index in [1.807, 2.05) is 30.1 Å². The quantitative estimate of drug-likeness (QED) is 0.921. The molecule has 0 saturated heterocycles. The van der Waals surface area contributed by atoms with Crippen molar-refractivity contribution in [3.63, 3.8) is 0 Å². The first-order valence-corrected chi connectivity index (χ1v) is 7.60. The fourth-order valence-corrected chi connectivity index (χ4v) is 3.67. The van der Waals surface area contributed by atoms with Gasteiger partial charge in [-0.3, -0.25) is 4.98 Å². The van der Waals surface area contributed by atoms with Crippen LogP contribution in [-0.2, 0) is 6.42 Å². The summed E-state index contributed by atoms with van der Waals surface area (Å²) in [6.07, 6.45) is 3.02. The van der Waals surface area contributed by atoms with Gasteiger partial charge in [0.05, 0.1) is 5.69 Å². The van der Waals surface area contributed by atoms with E-state index in [9.17, 15) is 0 Å². The average molecular weight is 270 g/mol. The van der Waals surface area contributed by atoms with Gasteiger partial charge in [0.1, 0.15) is 0 Å². The predicted molar refractivity (Wildman–Crippen MR) is 80.4 cm³/mol. The largest absolute Gasteiger partial charge is 0.308 e. The molecule has 3 rings (SSSR count). The summed E-state index contributed by atoms with van der Waals surface area (Å²) in [5.41, 5.74) is 2.60. The minimum Gasteiger partial charge on any atom is -0.308 e. The van der Waals surface area contributed by atoms with E-state index in [0.717, 1.165) is 12.2 Å². The normalized spacial score (nSPS) is 19.1. The smallest absolute Gasteiger partial charge is 0.0570 e. The first kappa shape index (κ1) is 12.7. The van der Waals surface area contributed by atoms with E-state index in [0.29, 0.717) is 11.3 Å². The maximum absolute atomic E-state index is 4.39. The topological polar surface area (TPSA) is 24.9 Å². The summed E-state index contributed by atoms with van der Waals surface area (Å²) in [5.74, 6) is 0. The summed E-state index contributed by atoms with van der Waals surface area (Å²) in [6, 6.07) is 15.1. The highest BCUT2D eigenvalue weighted by Gasteiger charge is 2.22. The summed E-state index contributed by atoms with van der Waals surface area (Å²) in [6.45, 7) is 3.20. The van der Waals surface area contributed by atoms with E-state index in [4.69, 9.17) is 0 Å². The number of pyridine rings is 1. The number of benzene rings is 1. The highest BCUT2D eigenvalue weighted by atomic mass is 32.2. The highest BCUT2D eigenvalue weighted by molar-refractivity contribution is 8.00. The SMILES string of the molecule is C[C@H](NCC1Cc2ccccc2S1)c1ccccn1. The molecule has 0 amide bonds. The van der Waals surface area contributed by atoms with Gasteiger partial charge in [-0.15, -0.1) is 11.8 Å². The Labute approximate surface area is 118 Å². The lowest BCUT2D eigenvalue weighted by Crippen LogP contribution is -2.27. The zero-order valence-electron chi connectivity index (χ0n) is 11.0. The molecule has 98 valence electrons. The first-order chi connectivity index (χ1) is 9.33. The molecule has 19 heavy (non-hydrogen) atoms. The summed E-state index contributed by atoms with van der Waals surface area (Å²) in [5, 5.41) is 4.23. The maximum atomic E-state index is 4.39. The van der Waals surface area contributed by atoms with Gasteiger partial charge in [0.25, 0.3) is 0 Å². The molecule has 0 fully saturated rings. The monoisotopic (exact) mass is 270 g/mol. The van der Waals surface area contributed by atoms with Crippen LogP contribution in [0.2, 0.25) is 0 Å². The van der Waals surface area contributed by atoms with Crippen LogP contribution in [0.4, 0.5) is 0 Å². The molecule has 1 aromatic carbocycles. The number of nitrogens with zero attached hydrogens (tertiary/aromatic N) is 1. The van der Waals surface area contributed by atoms with Gasteiger partial charge in [-0.2, -0.15) is 0 Å². The standard InChI is InChI=1S/C16H18N2S/c1-12(15-7-4-5-9-17-15)18-11-14-10-13-6-2-3-8-16(13)19-14/h2-9,12,14,18H,10-11H2,1H3/t12-,14?/m0/s1. The van der Waals surface area contributed by atoms with Gasteiger partial charge in [0.2, 0.25) is 0 Å². The molecular weight excluding hydrogens is 252 g/mol. The van der Waals surface area contributed by atoms with Gasteiger partial charge < -0.3 is 5.32 Å². The van der Waals surface area contributed by atoms with Crippen molar-refractivity contribution in [1.82, 2.24) is 10.3 Å². The Hall–Kier alpha value is -1.32. The molecule has 2 nitrogen and oxygen atoms in total. The molecule has 1 aliphatic rings. The number of thioether (sulfide) groups is 1. The van der Waals surface area contributed by atoms with Crippen LogP contribution in [0.1, 0.15) is 24.2 Å². The van der Waals surface area contributed by atoms with E-state index < -0.39 is 0 Å². The van der Waals surface area contributed by atoms with Crippen molar-refractivity contribution in [1.29, 1.82) is 0 Å². The van der Waals surface area contributed by atoms with Crippen molar-refractivity contribution in [2.75, 3.05) is 6.54 Å². The Balaban J connectivity index is 1.55. The Kier molecular flexibility index (Phi) is 3.85. The number of aromatic nitrogens is 1. The summed E-state index contributed by atoms with van der Waals surface area (Å²) < 4.78 is 0. The Morgan fingerprint density at radius 1 is 1.26 bits per heavy atom. The van der Waals surface area contributed by atoms with Gasteiger partial charge >= 0.3 is 0 Å². The Morgan fingerprint density at radius 2 is 2.11 bits per heavy atom. The summed E-state index contributed by atoms with van der Waals surface area (Å²) in [7, 11) is 0. The number of nitrogens with one attached hydrogen (secondary N) is 1. The van der Waals surface area contributed by atoms with Gasteiger partial charge in [0, 0.05) is 28.9 Å². The third-order valence-electron chi connectivity index (χ3n) is 3.50. The first-order valence-electron chi connectivity index (χ1n) is 6.72. The van der Waals surface area contributed by atoms with Crippen molar-refractivity contribution in [3.8, 4) is 0 Å². The zero-order chi connectivity index (χ0) is 13.1. The molecule has 0 radical (unpaired) electrons. The molecule has 0 bridgehead atoms. The molecule has 0 saturated carbocycles. The number of fused-ring (bicyclic) bond motifs is 1. The minimum absolute atomic E-state index is 0.311. The molecule has 1 aliphatic heterocycles. The van der Waals surface area contributed by atoms with E-state index in [-0.39, 0.29) is 0 Å². The molecule has 3 heteroatoms. The van der Waals surface area contributed by atoms with Gasteiger partial charge in [-0.25, -0.2) is 0 Å². The van der Waals surface area contributed by atoms with E-state index in [1.54, 1.807) is 0 Å². The van der Waals surface area contributed by atoms with Crippen LogP contribution in [0.25, 0.3) is 0 Å². The van der Waals surface area contributed by atoms with Crippen molar-refractivity contribution in [3.05, 3.63) is 59.9 Å². The lowest BCUT2D eigenvalue weighted by Gasteiger charge is -2.16. The predicted octanol–water partition coefficient (Wildman–Crippen LogP) is 3.45. The molecular formula is C16H18N2S. The van der Waals surface area contributed by atoms with Crippen LogP contribution in [0.15, 0.2) is 53.6 Å². The van der Waals surface area contributed by atoms with E-state index in [2.05, 4.69) is 47.6 Å². The molecule has 1 unspecified atom stereocenters. The number of hydrogen-bond donors (Lipinski definition) is 1. The van der Waals surface area contributed by atoms with Crippen LogP contribution >= 0.6 is 11.8 Å². The van der Waals surface area contributed by atoms with Gasteiger partial charge in [-0.1, -0.05) is 24.3 Å². The number of rotatable bonds is 4. The van der Waals surface area contributed by atoms with Crippen LogP contribution in [0.3, 0.4) is 0 Å². The van der Waals surface area contributed by atoms with Crippen LogP contribution in [0, 0.1) is 0 Å². The molecule has 2 atom stereocenters. The highest BCUT2D eigenvalue weighted by Crippen LogP contribution is 2.36. The molecule has 0 aliphatic carbocycles. The second-order valence-corrected chi connectivity index (χ2v) is 6.28. The third-order valence-corrected chi connectivity index (χ3v) is 4.82. The van der Waals surface area contributed by atoms with Gasteiger partial charge in [0.15, 0.2) is 0 Å². The zero-order valence-corrected chi connectivity index (χ0v) is 11.9. The van der Waals surface area contributed by atoms with Crippen molar-refractivity contribution in [2.24, 2.45) is 0 Å². The van der Waals surface area contributed by atoms with Crippen LogP contribution in [-0.4, -0.2) is 16.8 Å². The fraction of sp³-hybridized carbons (Fsp3) is 0.312. The van der Waals surface area contributed by atoms with E-state index in [1.165, 1.54) is 16.9 Å².